The summed E-state index contributed by atoms with van der Waals surface area (Å²) in [5.74, 6) is 0. The van der Waals surface area contributed by atoms with Crippen LogP contribution in [0.5, 0.6) is 0 Å². The van der Waals surface area contributed by atoms with Crippen LogP contribution in [0.4, 0.5) is 0 Å². The Morgan fingerprint density at radius 1 is 1.82 bits per heavy atom. The Bertz CT molecular complexity index is 218. The van der Waals surface area contributed by atoms with Gasteiger partial charge in [-0.3, -0.25) is 9.09 Å². The lowest BCUT2D eigenvalue weighted by atomic mass is 10.8. The van der Waals surface area contributed by atoms with Gasteiger partial charge in [0.1, 0.15) is 0 Å². The van der Waals surface area contributed by atoms with E-state index in [9.17, 15) is 4.57 Å². The smallest absolute Gasteiger partial charge is 0.318 e. The molecule has 0 amide bonds. The lowest BCUT2D eigenvalue weighted by Crippen LogP contribution is -2.11. The van der Waals surface area contributed by atoms with Crippen molar-refractivity contribution >= 4 is 31.8 Å². The Kier molecular flexibility index (Phi) is 3.11. The van der Waals surface area contributed by atoms with E-state index < -0.39 is 12.5 Å². The molecule has 0 aliphatic carbocycles. The molecule has 0 fully saturated rings. The van der Waals surface area contributed by atoms with Crippen molar-refractivity contribution in [2.75, 3.05) is 0 Å². The fraction of sp³-hybridized carbons (Fsp3) is 0.600. The number of rotatable bonds is 2. The summed E-state index contributed by atoms with van der Waals surface area (Å²) in [6, 6.07) is 0. The van der Waals surface area contributed by atoms with E-state index in [1.54, 1.807) is 6.92 Å². The molecular formula is C5H9O3PS2. The molecule has 1 rings (SSSR count). The predicted molar refractivity (Wildman–Crippen MR) is 49.6 cm³/mol. The highest BCUT2D eigenvalue weighted by atomic mass is 32.2. The normalized spacial score (nSPS) is 33.5. The van der Waals surface area contributed by atoms with Crippen molar-refractivity contribution in [1.82, 2.24) is 0 Å². The summed E-state index contributed by atoms with van der Waals surface area (Å²) in [6.07, 6.45) is 0. The Morgan fingerprint density at radius 3 is 2.82 bits per heavy atom. The van der Waals surface area contributed by atoms with Gasteiger partial charge in [-0.25, -0.2) is 0 Å². The first-order valence-electron chi connectivity index (χ1n) is 2.97. The second-order valence-electron chi connectivity index (χ2n) is 2.18. The van der Waals surface area contributed by atoms with Crippen molar-refractivity contribution in [3.8, 4) is 0 Å². The van der Waals surface area contributed by atoms with Crippen LogP contribution in [0.25, 0.3) is 0 Å². The highest BCUT2D eigenvalue weighted by molar-refractivity contribution is 8.23. The topological polar surface area (TPSA) is 46.5 Å². The number of thioether (sulfide) groups is 2. The largest absolute Gasteiger partial charge is 0.326 e. The molecule has 64 valence electrons. The van der Waals surface area contributed by atoms with Gasteiger partial charge < -0.3 is 4.89 Å². The zero-order valence-electron chi connectivity index (χ0n) is 6.16. The molecule has 1 aliphatic rings. The molecule has 0 saturated heterocycles. The monoisotopic (exact) mass is 212 g/mol. The maximum Gasteiger partial charge on any atom is 0.318 e. The summed E-state index contributed by atoms with van der Waals surface area (Å²) < 4.78 is 14.6. The van der Waals surface area contributed by atoms with E-state index in [1.165, 1.54) is 23.5 Å². The Labute approximate surface area is 74.5 Å². The van der Waals surface area contributed by atoms with Gasteiger partial charge in [0.2, 0.25) is 0 Å². The molecule has 0 saturated carbocycles. The van der Waals surface area contributed by atoms with E-state index in [1.807, 2.05) is 12.3 Å². The summed E-state index contributed by atoms with van der Waals surface area (Å²) in [4.78, 5) is 9.65. The van der Waals surface area contributed by atoms with Gasteiger partial charge in [0.05, 0.1) is 0 Å². The van der Waals surface area contributed by atoms with Crippen molar-refractivity contribution in [3.05, 3.63) is 10.3 Å². The minimum Gasteiger partial charge on any atom is -0.326 e. The van der Waals surface area contributed by atoms with Crippen LogP contribution in [-0.2, 0) is 9.09 Å². The molecule has 1 heterocycles. The van der Waals surface area contributed by atoms with Crippen molar-refractivity contribution in [3.63, 3.8) is 0 Å². The Hall–Kier alpha value is 0.590. The lowest BCUT2D eigenvalue weighted by Gasteiger charge is -2.19. The summed E-state index contributed by atoms with van der Waals surface area (Å²) in [5.41, 5.74) is 0. The van der Waals surface area contributed by atoms with Crippen molar-refractivity contribution in [2.24, 2.45) is 0 Å². The van der Waals surface area contributed by atoms with Crippen LogP contribution < -0.4 is 0 Å². The van der Waals surface area contributed by atoms with Gasteiger partial charge in [-0.2, -0.15) is 0 Å². The van der Waals surface area contributed by atoms with Crippen LogP contribution in [0.1, 0.15) is 13.8 Å². The quantitative estimate of drug-likeness (QED) is 0.712. The minimum absolute atomic E-state index is 0.588. The molecule has 2 atom stereocenters. The molecule has 11 heavy (non-hydrogen) atoms. The first-order chi connectivity index (χ1) is 5.02. The lowest BCUT2D eigenvalue weighted by molar-refractivity contribution is 0.252. The maximum atomic E-state index is 10.4. The molecule has 2 unspecified atom stereocenters. The summed E-state index contributed by atoms with van der Waals surface area (Å²) in [6.45, 7) is 3.73. The Balaban J connectivity index is 2.52. The second-order valence-corrected chi connectivity index (χ2v) is 6.05. The van der Waals surface area contributed by atoms with E-state index in [0.29, 0.717) is 0 Å². The SMILES string of the molecule is CC1=CSC(C)(O[PH](=O)O)S1. The van der Waals surface area contributed by atoms with Gasteiger partial charge in [-0.05, 0) is 24.2 Å². The van der Waals surface area contributed by atoms with E-state index >= 15 is 0 Å². The molecule has 0 aromatic rings. The van der Waals surface area contributed by atoms with Gasteiger partial charge in [0, 0.05) is 0 Å². The van der Waals surface area contributed by atoms with Crippen LogP contribution in [-0.4, -0.2) is 9.16 Å². The van der Waals surface area contributed by atoms with Crippen molar-refractivity contribution in [2.45, 2.75) is 18.1 Å². The fourth-order valence-electron chi connectivity index (χ4n) is 0.734. The molecule has 0 radical (unpaired) electrons. The first kappa shape index (κ1) is 9.68. The molecule has 1 aliphatic heterocycles. The molecule has 6 heteroatoms. The molecular weight excluding hydrogens is 203 g/mol. The zero-order valence-corrected chi connectivity index (χ0v) is 8.79. The third-order valence-electron chi connectivity index (χ3n) is 1.06. The van der Waals surface area contributed by atoms with Gasteiger partial charge in [0.25, 0.3) is 0 Å². The fourth-order valence-corrected chi connectivity index (χ4v) is 3.87. The molecule has 0 aromatic carbocycles. The highest BCUT2D eigenvalue weighted by Gasteiger charge is 2.32. The third kappa shape index (κ3) is 2.84. The van der Waals surface area contributed by atoms with E-state index in [0.717, 1.165) is 4.91 Å². The van der Waals surface area contributed by atoms with Crippen LogP contribution >= 0.6 is 31.8 Å². The molecule has 1 N–H and O–H groups in total. The van der Waals surface area contributed by atoms with Crippen LogP contribution in [0, 0.1) is 0 Å². The molecule has 0 bridgehead atoms. The predicted octanol–water partition coefficient (Wildman–Crippen LogP) is 2.40. The van der Waals surface area contributed by atoms with E-state index in [-0.39, 0.29) is 0 Å². The van der Waals surface area contributed by atoms with Gasteiger partial charge in [-0.15, -0.1) is 0 Å². The van der Waals surface area contributed by atoms with Crippen LogP contribution in [0.15, 0.2) is 10.3 Å². The maximum absolute atomic E-state index is 10.4. The van der Waals surface area contributed by atoms with Gasteiger partial charge in [-0.1, -0.05) is 23.5 Å². The summed E-state index contributed by atoms with van der Waals surface area (Å²) in [5, 5.41) is 1.93. The van der Waals surface area contributed by atoms with Crippen LogP contribution in [0.2, 0.25) is 0 Å². The summed E-state index contributed by atoms with van der Waals surface area (Å²) >= 11 is 2.89. The van der Waals surface area contributed by atoms with Crippen molar-refractivity contribution < 1.29 is 14.0 Å². The van der Waals surface area contributed by atoms with E-state index in [4.69, 9.17) is 9.42 Å². The number of allylic oxidation sites excluding steroid dienone is 1. The standard InChI is InChI=1S/C5H9O3PS2/c1-4-3-10-5(2,11-4)8-9(6)7/h3,9H,1-2H3,(H,6,7). The molecule has 0 spiro atoms. The second kappa shape index (κ2) is 3.54. The van der Waals surface area contributed by atoms with Gasteiger partial charge >= 0.3 is 8.25 Å². The Morgan fingerprint density at radius 2 is 2.45 bits per heavy atom. The number of hydrogen-bond acceptors (Lipinski definition) is 4. The minimum atomic E-state index is -2.82. The molecule has 3 nitrogen and oxygen atoms in total. The highest BCUT2D eigenvalue weighted by Crippen LogP contribution is 2.52. The van der Waals surface area contributed by atoms with Crippen LogP contribution in [0.3, 0.4) is 0 Å². The third-order valence-corrected chi connectivity index (χ3v) is 4.50. The average Bonchev–Trinajstić information content (AvgIpc) is 2.08. The first-order valence-corrected chi connectivity index (χ1v) is 5.93. The van der Waals surface area contributed by atoms with Crippen molar-refractivity contribution in [1.29, 1.82) is 0 Å². The average molecular weight is 212 g/mol. The summed E-state index contributed by atoms with van der Waals surface area (Å²) in [7, 11) is -2.82. The number of hydrogen-bond donors (Lipinski definition) is 1. The van der Waals surface area contributed by atoms with E-state index in [2.05, 4.69) is 0 Å². The van der Waals surface area contributed by atoms with Gasteiger partial charge in [0.15, 0.2) is 4.27 Å². The zero-order chi connectivity index (χ0) is 8.48. The molecule has 0 aromatic heterocycles.